The van der Waals surface area contributed by atoms with Crippen LogP contribution in [0.25, 0.3) is 6.08 Å². The topological polar surface area (TPSA) is 57.5 Å². The second-order valence-electron chi connectivity index (χ2n) is 3.81. The van der Waals surface area contributed by atoms with E-state index in [1.54, 1.807) is 6.08 Å². The smallest absolute Gasteiger partial charge is 0.340 e. The molecule has 3 heteroatoms. The van der Waals surface area contributed by atoms with Gasteiger partial charge in [-0.15, -0.1) is 0 Å². The predicted octanol–water partition coefficient (Wildman–Crippen LogP) is 1.68. The Balaban J connectivity index is 2.70. The third-order valence-corrected chi connectivity index (χ3v) is 2.78. The van der Waals surface area contributed by atoms with Crippen LogP contribution in [-0.2, 0) is 10.4 Å². The summed E-state index contributed by atoms with van der Waals surface area (Å²) < 4.78 is 0. The molecule has 0 radical (unpaired) electrons. The molecule has 1 atom stereocenters. The van der Waals surface area contributed by atoms with Gasteiger partial charge in [0.05, 0.1) is 0 Å². The lowest BCUT2D eigenvalue weighted by Crippen LogP contribution is -2.37. The molecule has 1 unspecified atom stereocenters. The molecule has 0 spiro atoms. The number of aliphatic carboxylic acids is 1. The van der Waals surface area contributed by atoms with Crippen LogP contribution >= 0.6 is 0 Å². The average molecular weight is 204 g/mol. The zero-order chi connectivity index (χ0) is 11.1. The lowest BCUT2D eigenvalue weighted by atomic mass is 9.80. The standard InChI is InChI=1S/C12H12O3/c1-8-4-2-5-9-6-3-7-12(15,10(8)9)11(13)14/h2-6,15H,7H2,1H3,(H,13,14). The highest BCUT2D eigenvalue weighted by atomic mass is 16.4. The van der Waals surface area contributed by atoms with E-state index in [0.717, 1.165) is 11.1 Å². The maximum absolute atomic E-state index is 11.1. The second-order valence-corrected chi connectivity index (χ2v) is 3.81. The Morgan fingerprint density at radius 1 is 1.47 bits per heavy atom. The fourth-order valence-electron chi connectivity index (χ4n) is 2.05. The molecule has 15 heavy (non-hydrogen) atoms. The van der Waals surface area contributed by atoms with Gasteiger partial charge in [0.15, 0.2) is 5.60 Å². The van der Waals surface area contributed by atoms with Gasteiger partial charge in [-0.05, 0) is 18.1 Å². The van der Waals surface area contributed by atoms with Gasteiger partial charge < -0.3 is 10.2 Å². The van der Waals surface area contributed by atoms with Crippen molar-refractivity contribution in [3.63, 3.8) is 0 Å². The van der Waals surface area contributed by atoms with Crippen molar-refractivity contribution in [2.24, 2.45) is 0 Å². The number of aliphatic hydroxyl groups is 1. The highest BCUT2D eigenvalue weighted by Crippen LogP contribution is 2.35. The number of fused-ring (bicyclic) bond motifs is 1. The summed E-state index contributed by atoms with van der Waals surface area (Å²) in [5, 5.41) is 19.2. The van der Waals surface area contributed by atoms with Gasteiger partial charge in [-0.25, -0.2) is 4.79 Å². The van der Waals surface area contributed by atoms with Crippen molar-refractivity contribution in [2.45, 2.75) is 18.9 Å². The van der Waals surface area contributed by atoms with E-state index < -0.39 is 11.6 Å². The molecule has 0 amide bonds. The van der Waals surface area contributed by atoms with Gasteiger partial charge in [-0.2, -0.15) is 0 Å². The van der Waals surface area contributed by atoms with Crippen molar-refractivity contribution in [1.82, 2.24) is 0 Å². The first-order valence-corrected chi connectivity index (χ1v) is 4.78. The zero-order valence-electron chi connectivity index (χ0n) is 8.40. The summed E-state index contributed by atoms with van der Waals surface area (Å²) in [6.45, 7) is 1.81. The van der Waals surface area contributed by atoms with Crippen LogP contribution in [0.15, 0.2) is 24.3 Å². The number of hydrogen-bond donors (Lipinski definition) is 2. The number of carboxylic acid groups (broad SMARTS) is 1. The molecule has 0 bridgehead atoms. The third kappa shape index (κ3) is 1.36. The Kier molecular flexibility index (Phi) is 2.12. The number of benzene rings is 1. The molecule has 0 saturated heterocycles. The minimum Gasteiger partial charge on any atom is -0.479 e. The maximum atomic E-state index is 11.1. The molecule has 1 aromatic rings. The quantitative estimate of drug-likeness (QED) is 0.731. The van der Waals surface area contributed by atoms with E-state index in [2.05, 4.69) is 0 Å². The van der Waals surface area contributed by atoms with E-state index in [1.807, 2.05) is 31.2 Å². The van der Waals surface area contributed by atoms with Gasteiger partial charge in [0.1, 0.15) is 0 Å². The van der Waals surface area contributed by atoms with Crippen molar-refractivity contribution in [1.29, 1.82) is 0 Å². The summed E-state index contributed by atoms with van der Waals surface area (Å²) in [4.78, 5) is 11.1. The van der Waals surface area contributed by atoms with E-state index in [9.17, 15) is 9.90 Å². The molecule has 1 aliphatic rings. The molecule has 1 aliphatic carbocycles. The Bertz CT molecular complexity index is 448. The molecule has 0 saturated carbocycles. The normalized spacial score (nSPS) is 23.6. The molecular weight excluding hydrogens is 192 g/mol. The van der Waals surface area contributed by atoms with Gasteiger partial charge in [0, 0.05) is 12.0 Å². The number of carboxylic acids is 1. The lowest BCUT2D eigenvalue weighted by Gasteiger charge is -2.29. The minimum absolute atomic E-state index is 0.125. The highest BCUT2D eigenvalue weighted by molar-refractivity contribution is 5.83. The molecule has 0 aliphatic heterocycles. The van der Waals surface area contributed by atoms with Gasteiger partial charge >= 0.3 is 5.97 Å². The highest BCUT2D eigenvalue weighted by Gasteiger charge is 2.40. The van der Waals surface area contributed by atoms with Crippen LogP contribution in [0.1, 0.15) is 23.1 Å². The number of rotatable bonds is 1. The Morgan fingerprint density at radius 3 is 2.87 bits per heavy atom. The SMILES string of the molecule is Cc1cccc2c1C(O)(C(=O)O)CC=C2. The van der Waals surface area contributed by atoms with Crippen molar-refractivity contribution < 1.29 is 15.0 Å². The maximum Gasteiger partial charge on any atom is 0.340 e. The molecular formula is C12H12O3. The first-order chi connectivity index (χ1) is 7.05. The largest absolute Gasteiger partial charge is 0.479 e. The fourth-order valence-corrected chi connectivity index (χ4v) is 2.05. The van der Waals surface area contributed by atoms with E-state index in [-0.39, 0.29) is 6.42 Å². The van der Waals surface area contributed by atoms with E-state index in [4.69, 9.17) is 5.11 Å². The van der Waals surface area contributed by atoms with Gasteiger partial charge in [0.2, 0.25) is 0 Å². The summed E-state index contributed by atoms with van der Waals surface area (Å²) >= 11 is 0. The Hall–Kier alpha value is -1.61. The van der Waals surface area contributed by atoms with E-state index in [0.29, 0.717) is 5.56 Å². The average Bonchev–Trinajstić information content (AvgIpc) is 2.17. The van der Waals surface area contributed by atoms with E-state index in [1.165, 1.54) is 0 Å². The fraction of sp³-hybridized carbons (Fsp3) is 0.250. The second kappa shape index (κ2) is 3.21. The summed E-state index contributed by atoms with van der Waals surface area (Å²) in [7, 11) is 0. The Morgan fingerprint density at radius 2 is 2.20 bits per heavy atom. The van der Waals surface area contributed by atoms with Crippen molar-refractivity contribution >= 4 is 12.0 Å². The molecule has 3 nitrogen and oxygen atoms in total. The van der Waals surface area contributed by atoms with Crippen LogP contribution in [0.3, 0.4) is 0 Å². The van der Waals surface area contributed by atoms with Crippen LogP contribution in [0.5, 0.6) is 0 Å². The van der Waals surface area contributed by atoms with Crippen LogP contribution < -0.4 is 0 Å². The molecule has 0 fully saturated rings. The van der Waals surface area contributed by atoms with Crippen molar-refractivity contribution in [2.75, 3.05) is 0 Å². The number of hydrogen-bond acceptors (Lipinski definition) is 2. The molecule has 2 N–H and O–H groups in total. The van der Waals surface area contributed by atoms with Gasteiger partial charge in [-0.3, -0.25) is 0 Å². The van der Waals surface area contributed by atoms with Gasteiger partial charge in [-0.1, -0.05) is 30.4 Å². The first kappa shape index (κ1) is 9.93. The first-order valence-electron chi connectivity index (χ1n) is 4.78. The Labute approximate surface area is 87.7 Å². The monoisotopic (exact) mass is 204 g/mol. The summed E-state index contributed by atoms with van der Waals surface area (Å²) in [6.07, 6.45) is 3.66. The van der Waals surface area contributed by atoms with Gasteiger partial charge in [0.25, 0.3) is 0 Å². The molecule has 0 aromatic heterocycles. The molecule has 1 aromatic carbocycles. The van der Waals surface area contributed by atoms with Crippen LogP contribution in [0.4, 0.5) is 0 Å². The third-order valence-electron chi connectivity index (χ3n) is 2.78. The molecule has 0 heterocycles. The molecule has 2 rings (SSSR count). The predicted molar refractivity (Wildman–Crippen MR) is 56.4 cm³/mol. The summed E-state index contributed by atoms with van der Waals surface area (Å²) in [5.74, 6) is -1.19. The van der Waals surface area contributed by atoms with Crippen molar-refractivity contribution in [3.05, 3.63) is 41.0 Å². The van der Waals surface area contributed by atoms with E-state index >= 15 is 0 Å². The summed E-state index contributed by atoms with van der Waals surface area (Å²) in [5.41, 5.74) is 0.336. The van der Waals surface area contributed by atoms with Crippen LogP contribution in [0, 0.1) is 6.92 Å². The summed E-state index contributed by atoms with van der Waals surface area (Å²) in [6, 6.07) is 5.48. The number of aryl methyl sites for hydroxylation is 1. The zero-order valence-corrected chi connectivity index (χ0v) is 8.40. The lowest BCUT2D eigenvalue weighted by molar-refractivity contribution is -0.159. The minimum atomic E-state index is -1.77. The van der Waals surface area contributed by atoms with Crippen LogP contribution in [0.2, 0.25) is 0 Å². The number of carbonyl (C=O) groups is 1. The molecule has 78 valence electrons. The van der Waals surface area contributed by atoms with Crippen LogP contribution in [-0.4, -0.2) is 16.2 Å². The van der Waals surface area contributed by atoms with Crippen molar-refractivity contribution in [3.8, 4) is 0 Å².